The van der Waals surface area contributed by atoms with E-state index in [0.29, 0.717) is 0 Å². The Morgan fingerprint density at radius 1 is 1.10 bits per heavy atom. The standard InChI is InChI=1S/C17H25N3O/c1-14(17(21)19-11-6-2-3-7-12-19)20-13-10-18-15-8-4-5-9-16(15)20/h4-5,8-9,14,18H,2-3,6-7,10-13H2,1H3. The minimum Gasteiger partial charge on any atom is -0.382 e. The minimum absolute atomic E-state index is 0.0775. The van der Waals surface area contributed by atoms with Gasteiger partial charge in [-0.1, -0.05) is 25.0 Å². The molecule has 1 saturated heterocycles. The summed E-state index contributed by atoms with van der Waals surface area (Å²) in [6.07, 6.45) is 4.82. The number of carbonyl (C=O) groups is 1. The van der Waals surface area contributed by atoms with Crippen molar-refractivity contribution in [3.8, 4) is 0 Å². The molecule has 114 valence electrons. The smallest absolute Gasteiger partial charge is 0.244 e. The van der Waals surface area contributed by atoms with Crippen molar-refractivity contribution in [3.63, 3.8) is 0 Å². The number of likely N-dealkylation sites (tertiary alicyclic amines) is 1. The second kappa shape index (κ2) is 6.37. The van der Waals surface area contributed by atoms with Gasteiger partial charge in [0.2, 0.25) is 5.91 Å². The zero-order valence-corrected chi connectivity index (χ0v) is 12.8. The molecule has 3 rings (SSSR count). The molecule has 0 aliphatic carbocycles. The van der Waals surface area contributed by atoms with Crippen molar-refractivity contribution >= 4 is 17.3 Å². The highest BCUT2D eigenvalue weighted by atomic mass is 16.2. The Hall–Kier alpha value is -1.71. The third kappa shape index (κ3) is 2.99. The van der Waals surface area contributed by atoms with E-state index in [1.54, 1.807) is 0 Å². The quantitative estimate of drug-likeness (QED) is 0.908. The fourth-order valence-corrected chi connectivity index (χ4v) is 3.40. The number of anilines is 2. The maximum atomic E-state index is 12.8. The van der Waals surface area contributed by atoms with Gasteiger partial charge in [0, 0.05) is 26.2 Å². The Bertz CT molecular complexity index is 495. The lowest BCUT2D eigenvalue weighted by atomic mass is 10.1. The first kappa shape index (κ1) is 14.2. The molecular weight excluding hydrogens is 262 g/mol. The average molecular weight is 287 g/mol. The van der Waals surface area contributed by atoms with E-state index in [0.717, 1.165) is 50.4 Å². The van der Waals surface area contributed by atoms with Gasteiger partial charge in [0.25, 0.3) is 0 Å². The van der Waals surface area contributed by atoms with Crippen molar-refractivity contribution in [2.45, 2.75) is 38.6 Å². The van der Waals surface area contributed by atoms with Crippen molar-refractivity contribution in [3.05, 3.63) is 24.3 Å². The third-order valence-electron chi connectivity index (χ3n) is 4.62. The van der Waals surface area contributed by atoms with E-state index in [1.807, 2.05) is 12.1 Å². The number of benzene rings is 1. The van der Waals surface area contributed by atoms with E-state index in [9.17, 15) is 4.79 Å². The molecule has 1 unspecified atom stereocenters. The van der Waals surface area contributed by atoms with Crippen LogP contribution in [0.4, 0.5) is 11.4 Å². The van der Waals surface area contributed by atoms with Gasteiger partial charge >= 0.3 is 0 Å². The Morgan fingerprint density at radius 2 is 1.81 bits per heavy atom. The molecule has 0 aromatic heterocycles. The van der Waals surface area contributed by atoms with E-state index in [4.69, 9.17) is 0 Å². The number of carbonyl (C=O) groups excluding carboxylic acids is 1. The summed E-state index contributed by atoms with van der Waals surface area (Å²) in [5.74, 6) is 0.286. The molecule has 1 aromatic carbocycles. The van der Waals surface area contributed by atoms with Crippen LogP contribution in [0.5, 0.6) is 0 Å². The summed E-state index contributed by atoms with van der Waals surface area (Å²) >= 11 is 0. The summed E-state index contributed by atoms with van der Waals surface area (Å²) < 4.78 is 0. The summed E-state index contributed by atoms with van der Waals surface area (Å²) in [5, 5.41) is 3.41. The number of para-hydroxylation sites is 2. The lowest BCUT2D eigenvalue weighted by Crippen LogP contribution is -2.50. The van der Waals surface area contributed by atoms with E-state index in [-0.39, 0.29) is 11.9 Å². The molecule has 2 heterocycles. The number of nitrogens with zero attached hydrogens (tertiary/aromatic N) is 2. The molecule has 1 fully saturated rings. The summed E-state index contributed by atoms with van der Waals surface area (Å²) in [7, 11) is 0. The Labute approximate surface area is 127 Å². The van der Waals surface area contributed by atoms with Crippen LogP contribution < -0.4 is 10.2 Å². The van der Waals surface area contributed by atoms with E-state index in [2.05, 4.69) is 34.2 Å². The minimum atomic E-state index is -0.0775. The van der Waals surface area contributed by atoms with Crippen molar-refractivity contribution in [2.75, 3.05) is 36.4 Å². The topological polar surface area (TPSA) is 35.6 Å². The zero-order chi connectivity index (χ0) is 14.7. The molecular formula is C17H25N3O. The predicted molar refractivity (Wildman–Crippen MR) is 86.8 cm³/mol. The van der Waals surface area contributed by atoms with Crippen LogP contribution in [0, 0.1) is 0 Å². The van der Waals surface area contributed by atoms with Gasteiger partial charge in [-0.25, -0.2) is 0 Å². The zero-order valence-electron chi connectivity index (χ0n) is 12.8. The average Bonchev–Trinajstić information content (AvgIpc) is 2.82. The van der Waals surface area contributed by atoms with Crippen molar-refractivity contribution in [2.24, 2.45) is 0 Å². The van der Waals surface area contributed by atoms with Gasteiger partial charge in [0.15, 0.2) is 0 Å². The second-order valence-corrected chi connectivity index (χ2v) is 6.05. The fourth-order valence-electron chi connectivity index (χ4n) is 3.40. The van der Waals surface area contributed by atoms with Gasteiger partial charge in [0.1, 0.15) is 6.04 Å². The molecule has 0 radical (unpaired) electrons. The molecule has 4 nitrogen and oxygen atoms in total. The van der Waals surface area contributed by atoms with Crippen LogP contribution in [0.3, 0.4) is 0 Å². The van der Waals surface area contributed by atoms with Crippen LogP contribution in [0.25, 0.3) is 0 Å². The van der Waals surface area contributed by atoms with Crippen molar-refractivity contribution < 1.29 is 4.79 Å². The van der Waals surface area contributed by atoms with Crippen molar-refractivity contribution in [1.29, 1.82) is 0 Å². The Kier molecular flexibility index (Phi) is 4.32. The number of rotatable bonds is 2. The first-order chi connectivity index (χ1) is 10.3. The number of nitrogens with one attached hydrogen (secondary N) is 1. The second-order valence-electron chi connectivity index (χ2n) is 6.05. The van der Waals surface area contributed by atoms with Gasteiger partial charge in [-0.05, 0) is 31.9 Å². The molecule has 2 aliphatic heterocycles. The largest absolute Gasteiger partial charge is 0.382 e. The SMILES string of the molecule is CC(C(=O)N1CCCCCC1)N1CCNc2ccccc21. The molecule has 4 heteroatoms. The number of hydrogen-bond acceptors (Lipinski definition) is 3. The van der Waals surface area contributed by atoms with E-state index < -0.39 is 0 Å². The highest BCUT2D eigenvalue weighted by Gasteiger charge is 2.29. The summed E-state index contributed by atoms with van der Waals surface area (Å²) in [6, 6.07) is 8.20. The van der Waals surface area contributed by atoms with Gasteiger partial charge in [-0.3, -0.25) is 4.79 Å². The first-order valence-electron chi connectivity index (χ1n) is 8.16. The maximum absolute atomic E-state index is 12.8. The van der Waals surface area contributed by atoms with Gasteiger partial charge in [-0.15, -0.1) is 0 Å². The highest BCUT2D eigenvalue weighted by Crippen LogP contribution is 2.30. The molecule has 1 aromatic rings. The van der Waals surface area contributed by atoms with Crippen molar-refractivity contribution in [1.82, 2.24) is 4.90 Å². The molecule has 0 spiro atoms. The monoisotopic (exact) mass is 287 g/mol. The van der Waals surface area contributed by atoms with Crippen LogP contribution >= 0.6 is 0 Å². The summed E-state index contributed by atoms with van der Waals surface area (Å²) in [5.41, 5.74) is 2.29. The molecule has 0 saturated carbocycles. The van der Waals surface area contributed by atoms with E-state index >= 15 is 0 Å². The molecule has 1 atom stereocenters. The summed E-state index contributed by atoms with van der Waals surface area (Å²) in [4.78, 5) is 17.1. The van der Waals surface area contributed by atoms with E-state index in [1.165, 1.54) is 12.8 Å². The molecule has 21 heavy (non-hydrogen) atoms. The van der Waals surface area contributed by atoms with Crippen LogP contribution in [-0.4, -0.2) is 43.0 Å². The summed E-state index contributed by atoms with van der Waals surface area (Å²) in [6.45, 7) is 5.69. The maximum Gasteiger partial charge on any atom is 0.244 e. The molecule has 1 N–H and O–H groups in total. The van der Waals surface area contributed by atoms with Gasteiger partial charge < -0.3 is 15.1 Å². The van der Waals surface area contributed by atoms with Gasteiger partial charge in [0.05, 0.1) is 11.4 Å². The van der Waals surface area contributed by atoms with Crippen LogP contribution in [-0.2, 0) is 4.79 Å². The Balaban J connectivity index is 1.75. The normalized spacial score (nSPS) is 20.2. The van der Waals surface area contributed by atoms with Crippen LogP contribution in [0.2, 0.25) is 0 Å². The van der Waals surface area contributed by atoms with Gasteiger partial charge in [-0.2, -0.15) is 0 Å². The Morgan fingerprint density at radius 3 is 2.57 bits per heavy atom. The number of fused-ring (bicyclic) bond motifs is 1. The van der Waals surface area contributed by atoms with Crippen LogP contribution in [0.15, 0.2) is 24.3 Å². The highest BCUT2D eigenvalue weighted by molar-refractivity contribution is 5.87. The fraction of sp³-hybridized carbons (Fsp3) is 0.588. The third-order valence-corrected chi connectivity index (χ3v) is 4.62. The lowest BCUT2D eigenvalue weighted by molar-refractivity contribution is -0.132. The number of hydrogen-bond donors (Lipinski definition) is 1. The lowest BCUT2D eigenvalue weighted by Gasteiger charge is -2.38. The van der Waals surface area contributed by atoms with Crippen LogP contribution in [0.1, 0.15) is 32.6 Å². The molecule has 1 amide bonds. The molecule has 2 aliphatic rings. The number of amides is 1. The first-order valence-corrected chi connectivity index (χ1v) is 8.16. The molecule has 0 bridgehead atoms. The predicted octanol–water partition coefficient (Wildman–Crippen LogP) is 2.71.